The fourth-order valence-electron chi connectivity index (χ4n) is 1.41. The van der Waals surface area contributed by atoms with Crippen LogP contribution in [0.2, 0.25) is 0 Å². The van der Waals surface area contributed by atoms with Gasteiger partial charge in [-0.25, -0.2) is 4.18 Å². The van der Waals surface area contributed by atoms with Crippen molar-refractivity contribution in [3.05, 3.63) is 22.4 Å². The summed E-state index contributed by atoms with van der Waals surface area (Å²) in [5.41, 5.74) is 0.0389. The standard InChI is InChI=1S/C8H10NO6PS2/c1-13-16(10,14-2)8-7(6-4-3-5-17-6)9-18(11,12)15-8/h3-5,8H,1-2H3. The van der Waals surface area contributed by atoms with E-state index in [1.165, 1.54) is 11.3 Å². The summed E-state index contributed by atoms with van der Waals surface area (Å²) in [5, 5.41) is 1.74. The zero-order valence-corrected chi connectivity index (χ0v) is 12.0. The van der Waals surface area contributed by atoms with Crippen LogP contribution in [0.5, 0.6) is 0 Å². The number of rotatable bonds is 4. The molecular formula is C8H10NO6PS2. The highest BCUT2D eigenvalue weighted by Gasteiger charge is 2.48. The first-order chi connectivity index (χ1) is 8.42. The molecule has 0 saturated carbocycles. The molecule has 0 aliphatic carbocycles. The van der Waals surface area contributed by atoms with Crippen LogP contribution in [0.15, 0.2) is 21.9 Å². The lowest BCUT2D eigenvalue weighted by Gasteiger charge is -2.19. The first-order valence-electron chi connectivity index (χ1n) is 4.70. The Morgan fingerprint density at radius 3 is 2.61 bits per heavy atom. The molecule has 1 aliphatic rings. The molecule has 0 amide bonds. The first-order valence-corrected chi connectivity index (χ1v) is 8.55. The lowest BCUT2D eigenvalue weighted by atomic mass is 10.3. The third-order valence-electron chi connectivity index (χ3n) is 2.23. The summed E-state index contributed by atoms with van der Waals surface area (Å²) in [6.07, 6.45) is 0. The molecule has 0 radical (unpaired) electrons. The van der Waals surface area contributed by atoms with Gasteiger partial charge in [-0.2, -0.15) is 8.42 Å². The zero-order valence-electron chi connectivity index (χ0n) is 9.47. The quantitative estimate of drug-likeness (QED) is 0.785. The van der Waals surface area contributed by atoms with Gasteiger partial charge in [-0.3, -0.25) is 4.57 Å². The van der Waals surface area contributed by atoms with Gasteiger partial charge in [-0.15, -0.1) is 15.7 Å². The van der Waals surface area contributed by atoms with E-state index < -0.39 is 23.7 Å². The average Bonchev–Trinajstić information content (AvgIpc) is 2.95. The van der Waals surface area contributed by atoms with Crippen molar-refractivity contribution < 1.29 is 26.2 Å². The van der Waals surface area contributed by atoms with Gasteiger partial charge in [0.05, 0.1) is 4.88 Å². The minimum Gasteiger partial charge on any atom is -0.310 e. The van der Waals surface area contributed by atoms with E-state index in [9.17, 15) is 13.0 Å². The van der Waals surface area contributed by atoms with Crippen molar-refractivity contribution in [3.8, 4) is 0 Å². The molecule has 0 spiro atoms. The van der Waals surface area contributed by atoms with Crippen LogP contribution in [-0.4, -0.2) is 34.2 Å². The Balaban J connectivity index is 2.50. The summed E-state index contributed by atoms with van der Waals surface area (Å²) in [6.45, 7) is 0. The van der Waals surface area contributed by atoms with Crippen LogP contribution >= 0.6 is 18.9 Å². The Morgan fingerprint density at radius 1 is 1.44 bits per heavy atom. The van der Waals surface area contributed by atoms with E-state index >= 15 is 0 Å². The smallest absolute Gasteiger partial charge is 0.310 e. The highest BCUT2D eigenvalue weighted by molar-refractivity contribution is 7.86. The summed E-state index contributed by atoms with van der Waals surface area (Å²) in [6, 6.07) is 3.37. The van der Waals surface area contributed by atoms with Crippen molar-refractivity contribution in [1.82, 2.24) is 0 Å². The van der Waals surface area contributed by atoms with Gasteiger partial charge in [0.2, 0.25) is 5.85 Å². The van der Waals surface area contributed by atoms with Gasteiger partial charge in [-0.05, 0) is 11.4 Å². The molecular weight excluding hydrogens is 301 g/mol. The van der Waals surface area contributed by atoms with Gasteiger partial charge in [0.1, 0.15) is 5.71 Å². The Kier molecular flexibility index (Phi) is 3.72. The maximum atomic E-state index is 12.2. The molecule has 0 bridgehead atoms. The predicted molar refractivity (Wildman–Crippen MR) is 66.3 cm³/mol. The fourth-order valence-corrected chi connectivity index (χ4v) is 4.94. The first kappa shape index (κ1) is 13.9. The predicted octanol–water partition coefficient (Wildman–Crippen LogP) is 1.62. The van der Waals surface area contributed by atoms with E-state index in [4.69, 9.17) is 13.2 Å². The van der Waals surface area contributed by atoms with E-state index in [2.05, 4.69) is 4.40 Å². The van der Waals surface area contributed by atoms with E-state index in [1.807, 2.05) is 0 Å². The van der Waals surface area contributed by atoms with Crippen LogP contribution in [0, 0.1) is 0 Å². The molecule has 2 rings (SSSR count). The Morgan fingerprint density at radius 2 is 2.11 bits per heavy atom. The Bertz CT molecular complexity index is 600. The normalized spacial score (nSPS) is 23.0. The number of thiophene rings is 1. The van der Waals surface area contributed by atoms with Gasteiger partial charge >= 0.3 is 17.9 Å². The van der Waals surface area contributed by atoms with Crippen molar-refractivity contribution in [2.75, 3.05) is 14.2 Å². The van der Waals surface area contributed by atoms with Gasteiger partial charge in [-0.1, -0.05) is 6.07 Å². The molecule has 0 N–H and O–H groups in total. The molecule has 1 atom stereocenters. The van der Waals surface area contributed by atoms with Gasteiger partial charge < -0.3 is 9.05 Å². The molecule has 0 saturated heterocycles. The lowest BCUT2D eigenvalue weighted by Crippen LogP contribution is -2.21. The number of nitrogens with zero attached hydrogens (tertiary/aromatic N) is 1. The van der Waals surface area contributed by atoms with Crippen LogP contribution in [0.4, 0.5) is 0 Å². The second-order valence-electron chi connectivity index (χ2n) is 3.24. The van der Waals surface area contributed by atoms with Crippen LogP contribution in [0.1, 0.15) is 4.88 Å². The second-order valence-corrected chi connectivity index (χ2v) is 7.69. The van der Waals surface area contributed by atoms with E-state index in [0.29, 0.717) is 4.88 Å². The van der Waals surface area contributed by atoms with Crippen LogP contribution in [0.25, 0.3) is 0 Å². The number of hydrogen-bond acceptors (Lipinski definition) is 7. The molecule has 2 heterocycles. The highest BCUT2D eigenvalue weighted by Crippen LogP contribution is 2.55. The van der Waals surface area contributed by atoms with E-state index in [-0.39, 0.29) is 5.71 Å². The maximum Gasteiger partial charge on any atom is 0.382 e. The summed E-state index contributed by atoms with van der Waals surface area (Å²) >= 11 is 1.25. The third kappa shape index (κ3) is 2.42. The van der Waals surface area contributed by atoms with Gasteiger partial charge in [0.25, 0.3) is 0 Å². The third-order valence-corrected chi connectivity index (χ3v) is 6.06. The van der Waals surface area contributed by atoms with Crippen molar-refractivity contribution in [1.29, 1.82) is 0 Å². The number of hydrogen-bond donors (Lipinski definition) is 0. The minimum atomic E-state index is -4.11. The molecule has 1 unspecified atom stereocenters. The van der Waals surface area contributed by atoms with E-state index in [1.54, 1.807) is 17.5 Å². The molecule has 7 nitrogen and oxygen atoms in total. The largest absolute Gasteiger partial charge is 0.382 e. The Labute approximate surface area is 108 Å². The molecule has 10 heteroatoms. The SMILES string of the molecule is COP(=O)(OC)C1OS(=O)(=O)N=C1c1cccs1. The van der Waals surface area contributed by atoms with Crippen molar-refractivity contribution in [3.63, 3.8) is 0 Å². The molecule has 1 aliphatic heterocycles. The van der Waals surface area contributed by atoms with Crippen molar-refractivity contribution in [2.45, 2.75) is 5.85 Å². The zero-order chi connectivity index (χ0) is 13.4. The lowest BCUT2D eigenvalue weighted by molar-refractivity contribution is 0.227. The van der Waals surface area contributed by atoms with Gasteiger partial charge in [0.15, 0.2) is 0 Å². The molecule has 0 aromatic carbocycles. The van der Waals surface area contributed by atoms with E-state index in [0.717, 1.165) is 14.2 Å². The van der Waals surface area contributed by atoms with Crippen LogP contribution in [0.3, 0.4) is 0 Å². The molecule has 0 fully saturated rings. The maximum absolute atomic E-state index is 12.2. The summed E-state index contributed by atoms with van der Waals surface area (Å²) in [5.74, 6) is -1.36. The Hall–Kier alpha value is -0.570. The minimum absolute atomic E-state index is 0.0389. The summed E-state index contributed by atoms with van der Waals surface area (Å²) < 4.78 is 52.7. The van der Waals surface area contributed by atoms with Crippen molar-refractivity contribution >= 4 is 34.9 Å². The average molecular weight is 311 g/mol. The molecule has 1 aromatic heterocycles. The van der Waals surface area contributed by atoms with Crippen LogP contribution in [-0.2, 0) is 28.1 Å². The highest BCUT2D eigenvalue weighted by atomic mass is 32.2. The molecule has 18 heavy (non-hydrogen) atoms. The summed E-state index contributed by atoms with van der Waals surface area (Å²) in [7, 11) is -5.53. The topological polar surface area (TPSA) is 91.3 Å². The second kappa shape index (κ2) is 4.84. The monoisotopic (exact) mass is 311 g/mol. The van der Waals surface area contributed by atoms with Crippen molar-refractivity contribution in [2.24, 2.45) is 4.40 Å². The molecule has 100 valence electrons. The van der Waals surface area contributed by atoms with Gasteiger partial charge in [0, 0.05) is 14.2 Å². The van der Waals surface area contributed by atoms with Crippen LogP contribution < -0.4 is 0 Å². The fraction of sp³-hybridized carbons (Fsp3) is 0.375. The molecule has 1 aromatic rings. The summed E-state index contributed by atoms with van der Waals surface area (Å²) in [4.78, 5) is 0.537.